The average Bonchev–Trinajstić information content (AvgIpc) is 2.49. The van der Waals surface area contributed by atoms with E-state index in [1.807, 2.05) is 38.3 Å². The minimum atomic E-state index is -1.07. The van der Waals surface area contributed by atoms with Gasteiger partial charge in [0.25, 0.3) is 0 Å². The van der Waals surface area contributed by atoms with E-state index in [1.165, 1.54) is 0 Å². The molecule has 1 aromatic carbocycles. The number of hydrogen-bond acceptors (Lipinski definition) is 3. The number of nitrogens with one attached hydrogen (secondary N) is 1. The van der Waals surface area contributed by atoms with Crippen molar-refractivity contribution in [1.82, 2.24) is 5.32 Å². The summed E-state index contributed by atoms with van der Waals surface area (Å²) in [5, 5.41) is 12.5. The summed E-state index contributed by atoms with van der Waals surface area (Å²) in [6.45, 7) is 3.79. The van der Waals surface area contributed by atoms with Gasteiger partial charge in [-0.05, 0) is 18.2 Å². The molecule has 1 rings (SSSR count). The van der Waals surface area contributed by atoms with Crippen molar-refractivity contribution in [1.29, 1.82) is 0 Å². The maximum Gasteiger partial charge on any atom is 0.315 e. The smallest absolute Gasteiger partial charge is 0.315 e. The summed E-state index contributed by atoms with van der Waals surface area (Å²) in [6, 6.07) is 9.09. The molecule has 0 aromatic heterocycles. The molecule has 0 saturated carbocycles. The minimum Gasteiger partial charge on any atom is -0.481 e. The highest BCUT2D eigenvalue weighted by Gasteiger charge is 2.39. The minimum absolute atomic E-state index is 0.0978. The molecule has 0 bridgehead atoms. The monoisotopic (exact) mass is 309 g/mol. The first kappa shape index (κ1) is 17.6. The van der Waals surface area contributed by atoms with Crippen LogP contribution in [0.4, 0.5) is 0 Å². The Kier molecular flexibility index (Phi) is 6.75. The van der Waals surface area contributed by atoms with Gasteiger partial charge >= 0.3 is 5.97 Å². The van der Waals surface area contributed by atoms with Crippen LogP contribution < -0.4 is 5.32 Å². The molecule has 0 radical (unpaired) electrons. The number of carbonyl (C=O) groups is 2. The van der Waals surface area contributed by atoms with E-state index in [-0.39, 0.29) is 18.4 Å². The average molecular weight is 309 g/mol. The first-order valence-corrected chi connectivity index (χ1v) is 8.43. The van der Waals surface area contributed by atoms with Crippen molar-refractivity contribution in [2.45, 2.75) is 25.7 Å². The van der Waals surface area contributed by atoms with Gasteiger partial charge in [-0.3, -0.25) is 9.59 Å². The normalized spacial score (nSPS) is 15.0. The molecule has 0 aliphatic heterocycles. The van der Waals surface area contributed by atoms with Crippen molar-refractivity contribution in [3.8, 4) is 0 Å². The lowest BCUT2D eigenvalue weighted by Crippen LogP contribution is -2.47. The van der Waals surface area contributed by atoms with E-state index in [4.69, 9.17) is 0 Å². The summed E-state index contributed by atoms with van der Waals surface area (Å²) in [5.41, 5.74) is -0.353. The molecule has 4 nitrogen and oxygen atoms in total. The quantitative estimate of drug-likeness (QED) is 0.774. The molecule has 0 aliphatic rings. The Hall–Kier alpha value is -1.49. The van der Waals surface area contributed by atoms with Crippen LogP contribution in [0.5, 0.6) is 0 Å². The van der Waals surface area contributed by atoms with Gasteiger partial charge in [0.2, 0.25) is 5.91 Å². The lowest BCUT2D eigenvalue weighted by molar-refractivity contribution is -0.144. The third-order valence-corrected chi connectivity index (χ3v) is 4.60. The molecule has 21 heavy (non-hydrogen) atoms. The van der Waals surface area contributed by atoms with Gasteiger partial charge in [0.15, 0.2) is 0 Å². The van der Waals surface area contributed by atoms with Gasteiger partial charge in [0, 0.05) is 18.2 Å². The van der Waals surface area contributed by atoms with E-state index >= 15 is 0 Å². The molecule has 1 amide bonds. The van der Waals surface area contributed by atoms with E-state index in [2.05, 4.69) is 5.32 Å². The number of amides is 1. The molecule has 0 heterocycles. The van der Waals surface area contributed by atoms with Crippen LogP contribution in [0.25, 0.3) is 0 Å². The molecule has 2 atom stereocenters. The number of carbonyl (C=O) groups excluding carboxylic acids is 1. The standard InChI is InChI=1S/C16H23NO3S/c1-4-16(15(19)20,13-8-6-5-7-9-13)11-17-14(18)12(2)10-21-3/h5-9,12H,4,10-11H2,1-3H3,(H,17,18)(H,19,20). The molecule has 0 saturated heterocycles. The summed E-state index contributed by atoms with van der Waals surface area (Å²) in [5.74, 6) is -0.406. The Labute approximate surface area is 130 Å². The fourth-order valence-electron chi connectivity index (χ4n) is 2.28. The first-order chi connectivity index (χ1) is 9.97. The molecule has 116 valence electrons. The van der Waals surface area contributed by atoms with E-state index in [0.29, 0.717) is 6.42 Å². The Balaban J connectivity index is 2.90. The van der Waals surface area contributed by atoms with Crippen molar-refractivity contribution in [2.24, 2.45) is 5.92 Å². The fourth-order valence-corrected chi connectivity index (χ4v) is 2.93. The number of carboxylic acids is 1. The highest BCUT2D eigenvalue weighted by molar-refractivity contribution is 7.98. The Morgan fingerprint density at radius 1 is 1.33 bits per heavy atom. The predicted molar refractivity (Wildman–Crippen MR) is 86.6 cm³/mol. The Bertz CT molecular complexity index is 478. The fraction of sp³-hybridized carbons (Fsp3) is 0.500. The van der Waals surface area contributed by atoms with Crippen molar-refractivity contribution in [3.63, 3.8) is 0 Å². The van der Waals surface area contributed by atoms with Crippen LogP contribution in [-0.2, 0) is 15.0 Å². The van der Waals surface area contributed by atoms with Crippen LogP contribution in [0.1, 0.15) is 25.8 Å². The maximum atomic E-state index is 12.0. The summed E-state index contributed by atoms with van der Waals surface area (Å²) in [4.78, 5) is 23.8. The summed E-state index contributed by atoms with van der Waals surface area (Å²) >= 11 is 1.60. The zero-order valence-corrected chi connectivity index (χ0v) is 13.6. The van der Waals surface area contributed by atoms with Crippen LogP contribution in [0.2, 0.25) is 0 Å². The summed E-state index contributed by atoms with van der Waals surface area (Å²) in [7, 11) is 0. The van der Waals surface area contributed by atoms with Crippen LogP contribution >= 0.6 is 11.8 Å². The van der Waals surface area contributed by atoms with Gasteiger partial charge < -0.3 is 10.4 Å². The highest BCUT2D eigenvalue weighted by Crippen LogP contribution is 2.28. The second-order valence-corrected chi connectivity index (χ2v) is 6.09. The number of aliphatic carboxylic acids is 1. The molecule has 1 aromatic rings. The molecule has 0 aliphatic carbocycles. The zero-order valence-electron chi connectivity index (χ0n) is 12.8. The maximum absolute atomic E-state index is 12.0. The van der Waals surface area contributed by atoms with Gasteiger partial charge in [-0.1, -0.05) is 44.2 Å². The molecule has 2 N–H and O–H groups in total. The third-order valence-electron chi connectivity index (χ3n) is 3.77. The first-order valence-electron chi connectivity index (χ1n) is 7.03. The Morgan fingerprint density at radius 3 is 2.43 bits per heavy atom. The van der Waals surface area contributed by atoms with E-state index in [1.54, 1.807) is 23.9 Å². The zero-order chi connectivity index (χ0) is 15.9. The summed E-state index contributed by atoms with van der Waals surface area (Å²) < 4.78 is 0. The lowest BCUT2D eigenvalue weighted by Gasteiger charge is -2.29. The molecular weight excluding hydrogens is 286 g/mol. The van der Waals surface area contributed by atoms with Gasteiger partial charge in [0.1, 0.15) is 5.41 Å². The van der Waals surface area contributed by atoms with Crippen LogP contribution in [0.15, 0.2) is 30.3 Å². The SMILES string of the molecule is CCC(CNC(=O)C(C)CSC)(C(=O)O)c1ccccc1. The topological polar surface area (TPSA) is 66.4 Å². The molecule has 2 unspecified atom stereocenters. The van der Waals surface area contributed by atoms with Crippen molar-refractivity contribution in [3.05, 3.63) is 35.9 Å². The molecule has 5 heteroatoms. The van der Waals surface area contributed by atoms with Gasteiger partial charge in [-0.15, -0.1) is 0 Å². The van der Waals surface area contributed by atoms with Gasteiger partial charge in [-0.2, -0.15) is 11.8 Å². The number of rotatable bonds is 8. The largest absolute Gasteiger partial charge is 0.481 e. The van der Waals surface area contributed by atoms with Crippen LogP contribution in [0, 0.1) is 5.92 Å². The predicted octanol–water partition coefficient (Wildman–Crippen LogP) is 2.53. The van der Waals surface area contributed by atoms with E-state index in [0.717, 1.165) is 11.3 Å². The second-order valence-electron chi connectivity index (χ2n) is 5.18. The summed E-state index contributed by atoms with van der Waals surface area (Å²) in [6.07, 6.45) is 2.37. The van der Waals surface area contributed by atoms with Crippen molar-refractivity contribution in [2.75, 3.05) is 18.6 Å². The second kappa shape index (κ2) is 8.08. The van der Waals surface area contributed by atoms with Crippen LogP contribution in [0.3, 0.4) is 0 Å². The molecular formula is C16H23NO3S. The van der Waals surface area contributed by atoms with E-state index in [9.17, 15) is 14.7 Å². The third kappa shape index (κ3) is 4.24. The van der Waals surface area contributed by atoms with E-state index < -0.39 is 11.4 Å². The number of hydrogen-bond donors (Lipinski definition) is 2. The van der Waals surface area contributed by atoms with Crippen molar-refractivity contribution >= 4 is 23.6 Å². The highest BCUT2D eigenvalue weighted by atomic mass is 32.2. The van der Waals surface area contributed by atoms with Gasteiger partial charge in [-0.25, -0.2) is 0 Å². The van der Waals surface area contributed by atoms with Crippen molar-refractivity contribution < 1.29 is 14.7 Å². The number of thioether (sulfide) groups is 1. The molecule has 0 fully saturated rings. The lowest BCUT2D eigenvalue weighted by atomic mass is 9.78. The Morgan fingerprint density at radius 2 is 1.95 bits per heavy atom. The molecule has 0 spiro atoms. The number of benzene rings is 1. The van der Waals surface area contributed by atoms with Gasteiger partial charge in [0.05, 0.1) is 0 Å². The van der Waals surface area contributed by atoms with Crippen LogP contribution in [-0.4, -0.2) is 35.5 Å². The number of carboxylic acid groups (broad SMARTS) is 1.